The Balaban J connectivity index is 0.00000240. The molecular formula is C22H24KN4O2-. The minimum Gasteiger partial charge on any atom is -0.521 e. The maximum atomic E-state index is 13.0. The van der Waals surface area contributed by atoms with Crippen LogP contribution in [0.2, 0.25) is 0 Å². The monoisotopic (exact) mass is 415 g/mol. The molecule has 2 aliphatic rings. The number of hydrogen-bond acceptors (Lipinski definition) is 3. The van der Waals surface area contributed by atoms with Gasteiger partial charge in [0.05, 0.1) is 0 Å². The Hall–Kier alpha value is -1.38. The molecule has 6 nitrogen and oxygen atoms in total. The summed E-state index contributed by atoms with van der Waals surface area (Å²) >= 11 is 0. The van der Waals surface area contributed by atoms with E-state index >= 15 is 0 Å². The Kier molecular flexibility index (Phi) is 7.40. The second kappa shape index (κ2) is 9.62. The van der Waals surface area contributed by atoms with E-state index in [2.05, 4.69) is 11.4 Å². The van der Waals surface area contributed by atoms with Gasteiger partial charge in [0.15, 0.2) is 0 Å². The number of hydrogen-bond donors (Lipinski definition) is 3. The summed E-state index contributed by atoms with van der Waals surface area (Å²) in [5.41, 5.74) is 9.11. The number of rotatable bonds is 3. The third-order valence-corrected chi connectivity index (χ3v) is 5.61. The van der Waals surface area contributed by atoms with E-state index in [1.54, 1.807) is 23.1 Å². The van der Waals surface area contributed by atoms with E-state index in [9.17, 15) is 15.3 Å². The number of nitrogens with zero attached hydrogens (tertiary/aromatic N) is 2. The molecule has 0 spiro atoms. The molecule has 2 aromatic rings. The number of carbonyl (C=O) groups excluding carboxylic acids is 1. The first-order valence-electron chi connectivity index (χ1n) is 9.75. The van der Waals surface area contributed by atoms with Crippen molar-refractivity contribution in [3.8, 4) is 5.75 Å². The number of amides is 1. The second-order valence-electron chi connectivity index (χ2n) is 7.66. The maximum absolute atomic E-state index is 13.0. The van der Waals surface area contributed by atoms with Crippen LogP contribution in [0.15, 0.2) is 30.3 Å². The van der Waals surface area contributed by atoms with Gasteiger partial charge in [-0.1, -0.05) is 38.2 Å². The minimum atomic E-state index is -0.200. The van der Waals surface area contributed by atoms with Crippen molar-refractivity contribution in [1.82, 2.24) is 10.2 Å². The number of nitrogens with one attached hydrogen (secondary N) is 1. The zero-order chi connectivity index (χ0) is 19.7. The fourth-order valence-corrected chi connectivity index (χ4v) is 4.04. The Morgan fingerprint density at radius 1 is 1.17 bits per heavy atom. The van der Waals surface area contributed by atoms with Gasteiger partial charge in [0.1, 0.15) is 5.75 Å². The van der Waals surface area contributed by atoms with E-state index in [4.69, 9.17) is 5.73 Å². The van der Waals surface area contributed by atoms with Gasteiger partial charge in [-0.25, -0.2) is 0 Å². The quantitative estimate of drug-likeness (QED) is 0.219. The Bertz CT molecular complexity index is 925. The van der Waals surface area contributed by atoms with Crippen LogP contribution in [0.1, 0.15) is 59.2 Å². The third-order valence-electron chi connectivity index (χ3n) is 5.61. The predicted octanol–water partition coefficient (Wildman–Crippen LogP) is 0.173. The molecule has 1 amide bonds. The first kappa shape index (κ1) is 22.3. The smallest absolute Gasteiger partial charge is 0.521 e. The Labute approximate surface area is 213 Å². The van der Waals surface area contributed by atoms with Crippen molar-refractivity contribution < 1.29 is 61.3 Å². The molecule has 0 aromatic heterocycles. The van der Waals surface area contributed by atoms with Gasteiger partial charge in [-0.15, -0.1) is 18.2 Å². The molecule has 1 fully saturated rings. The number of nitrogens with two attached hydrogens (primary N) is 1. The number of amidine groups is 1. The minimum absolute atomic E-state index is 0. The molecular weight excluding hydrogens is 391 g/mol. The fraction of sp³-hybridized carbons (Fsp3) is 0.364. The molecule has 4 N–H and O–H groups in total. The molecule has 0 radical (unpaired) electrons. The molecule has 7 heteroatoms. The van der Waals surface area contributed by atoms with Gasteiger partial charge < -0.3 is 26.5 Å². The molecule has 29 heavy (non-hydrogen) atoms. The van der Waals surface area contributed by atoms with Crippen molar-refractivity contribution in [3.63, 3.8) is 0 Å². The van der Waals surface area contributed by atoms with Crippen LogP contribution < -0.4 is 62.4 Å². The van der Waals surface area contributed by atoms with Crippen LogP contribution in [0.4, 0.5) is 5.69 Å². The van der Waals surface area contributed by atoms with Gasteiger partial charge >= 0.3 is 51.4 Å². The Morgan fingerprint density at radius 2 is 1.90 bits per heavy atom. The van der Waals surface area contributed by atoms with Crippen LogP contribution in [0.25, 0.3) is 5.41 Å². The average molecular weight is 416 g/mol. The van der Waals surface area contributed by atoms with Crippen molar-refractivity contribution >= 4 is 17.4 Å². The molecule has 1 aliphatic heterocycles. The summed E-state index contributed by atoms with van der Waals surface area (Å²) in [6.07, 6.45) is 5.62. The summed E-state index contributed by atoms with van der Waals surface area (Å²) in [6, 6.07) is 11.5. The number of phenolic OH excluding ortho intramolecular Hbond substituents is 1. The molecule has 1 heterocycles. The molecule has 0 unspecified atom stereocenters. The summed E-state index contributed by atoms with van der Waals surface area (Å²) in [5, 5.41) is 23.3. The first-order chi connectivity index (χ1) is 13.5. The Morgan fingerprint density at radius 3 is 2.66 bits per heavy atom. The number of fused-ring (bicyclic) bond motifs is 1. The van der Waals surface area contributed by atoms with E-state index < -0.39 is 0 Å². The van der Waals surface area contributed by atoms with Crippen molar-refractivity contribution in [2.24, 2.45) is 0 Å². The number of phenols is 1. The summed E-state index contributed by atoms with van der Waals surface area (Å²) in [7, 11) is 0. The van der Waals surface area contributed by atoms with Crippen molar-refractivity contribution in [2.45, 2.75) is 51.2 Å². The standard InChI is InChI=1S/C22H24N4O2.K/c23-20-9-7-14(21(24)25-17-4-2-1-3-5-17)11-19(20)22(28)26-12-15-6-8-18(27)10-16(15)13-26;/h6,8-11,17H,1-5,12-13H2,(H4-,23,24,25,27,28);/q-2;+1. The molecule has 1 aliphatic carbocycles. The van der Waals surface area contributed by atoms with Crippen LogP contribution >= 0.6 is 0 Å². The molecule has 0 bridgehead atoms. The van der Waals surface area contributed by atoms with Crippen molar-refractivity contribution in [3.05, 3.63) is 64.1 Å². The number of aromatic hydroxyl groups is 1. The number of nitrogen functional groups attached to an aromatic ring is 1. The average Bonchev–Trinajstić information content (AvgIpc) is 3.11. The van der Waals surface area contributed by atoms with Crippen LogP contribution in [0, 0.1) is 6.07 Å². The van der Waals surface area contributed by atoms with Crippen LogP contribution in [-0.4, -0.2) is 27.8 Å². The molecule has 4 rings (SSSR count). The topological polar surface area (TPSA) is 101 Å². The first-order valence-corrected chi connectivity index (χ1v) is 9.75. The second-order valence-corrected chi connectivity index (χ2v) is 7.66. The van der Waals surface area contributed by atoms with Gasteiger partial charge in [-0.3, -0.25) is 4.79 Å². The van der Waals surface area contributed by atoms with Crippen LogP contribution in [0.3, 0.4) is 0 Å². The van der Waals surface area contributed by atoms with E-state index in [0.717, 1.165) is 36.8 Å². The normalized spacial score (nSPS) is 16.1. The van der Waals surface area contributed by atoms with Crippen molar-refractivity contribution in [2.75, 3.05) is 5.73 Å². The van der Waals surface area contributed by atoms with Gasteiger partial charge in [0.25, 0.3) is 0 Å². The van der Waals surface area contributed by atoms with Gasteiger partial charge in [-0.05, 0) is 40.6 Å². The van der Waals surface area contributed by atoms with Gasteiger partial charge in [0.2, 0.25) is 5.91 Å². The van der Waals surface area contributed by atoms with E-state index in [1.165, 1.54) is 12.5 Å². The number of benzene rings is 2. The summed E-state index contributed by atoms with van der Waals surface area (Å²) in [6.45, 7) is 0.893. The van der Waals surface area contributed by atoms with Gasteiger partial charge in [-0.2, -0.15) is 11.4 Å². The zero-order valence-electron chi connectivity index (χ0n) is 16.7. The van der Waals surface area contributed by atoms with Crippen LogP contribution in [-0.2, 0) is 13.1 Å². The molecule has 0 atom stereocenters. The van der Waals surface area contributed by atoms with Gasteiger partial charge in [0, 0.05) is 13.1 Å². The van der Waals surface area contributed by atoms with E-state index in [0.29, 0.717) is 29.9 Å². The fourth-order valence-electron chi connectivity index (χ4n) is 4.04. The SMILES string of the molecule is [K+].[N-]=C(NC1CCCCC1)c1[c-]cc(N)c(C(=O)N2Cc3ccc(O)cc3C2)c1. The largest absolute Gasteiger partial charge is 1.00 e. The number of carbonyl (C=O) groups is 1. The molecule has 2 aromatic carbocycles. The van der Waals surface area contributed by atoms with Crippen molar-refractivity contribution in [1.29, 1.82) is 0 Å². The maximum Gasteiger partial charge on any atom is 1.00 e. The molecule has 1 saturated carbocycles. The number of anilines is 1. The summed E-state index contributed by atoms with van der Waals surface area (Å²) in [4.78, 5) is 14.7. The summed E-state index contributed by atoms with van der Waals surface area (Å²) in [5.74, 6) is 0.0296. The van der Waals surface area contributed by atoms with E-state index in [1.807, 2.05) is 6.07 Å². The summed E-state index contributed by atoms with van der Waals surface area (Å²) < 4.78 is 0. The predicted molar refractivity (Wildman–Crippen MR) is 109 cm³/mol. The molecule has 0 saturated heterocycles. The zero-order valence-corrected chi connectivity index (χ0v) is 19.9. The molecule has 146 valence electrons. The van der Waals surface area contributed by atoms with E-state index in [-0.39, 0.29) is 74.9 Å². The third kappa shape index (κ3) is 5.03. The van der Waals surface area contributed by atoms with Crippen LogP contribution in [0.5, 0.6) is 5.75 Å².